The van der Waals surface area contributed by atoms with E-state index in [1.54, 1.807) is 18.3 Å². The molecule has 0 radical (unpaired) electrons. The number of benzene rings is 1. The van der Waals surface area contributed by atoms with Crippen molar-refractivity contribution >= 4 is 16.8 Å². The second-order valence-electron chi connectivity index (χ2n) is 3.94. The molecule has 0 atom stereocenters. The van der Waals surface area contributed by atoms with Crippen LogP contribution in [0.25, 0.3) is 10.9 Å². The maximum Gasteiger partial charge on any atom is 0.251 e. The topological polar surface area (TPSA) is 70.9 Å². The lowest BCUT2D eigenvalue weighted by molar-refractivity contribution is 0.0947. The summed E-state index contributed by atoms with van der Waals surface area (Å²) in [6, 6.07) is 9.17. The average molecular weight is 241 g/mol. The molecule has 0 unspecified atom stereocenters. The number of amides is 1. The molecule has 0 aliphatic carbocycles. The van der Waals surface area contributed by atoms with Gasteiger partial charge in [0.15, 0.2) is 5.76 Å². The fourth-order valence-corrected chi connectivity index (χ4v) is 1.80. The molecule has 5 nitrogen and oxygen atoms in total. The molecule has 0 aliphatic heterocycles. The molecule has 3 aromatic rings. The summed E-state index contributed by atoms with van der Waals surface area (Å²) in [5, 5.41) is 7.37. The van der Waals surface area contributed by atoms with Gasteiger partial charge in [0, 0.05) is 28.7 Å². The van der Waals surface area contributed by atoms with Gasteiger partial charge in [-0.25, -0.2) is 0 Å². The Kier molecular flexibility index (Phi) is 2.57. The smallest absolute Gasteiger partial charge is 0.251 e. The first-order valence-electron chi connectivity index (χ1n) is 5.58. The summed E-state index contributed by atoms with van der Waals surface area (Å²) in [7, 11) is 0. The van der Waals surface area contributed by atoms with Gasteiger partial charge in [-0.2, -0.15) is 0 Å². The molecule has 0 fully saturated rings. The molecule has 0 bridgehead atoms. The summed E-state index contributed by atoms with van der Waals surface area (Å²) in [6.45, 7) is 0.337. The van der Waals surface area contributed by atoms with Gasteiger partial charge in [0.25, 0.3) is 5.91 Å². The Labute approximate surface area is 103 Å². The van der Waals surface area contributed by atoms with Gasteiger partial charge in [0.05, 0.1) is 12.7 Å². The van der Waals surface area contributed by atoms with E-state index in [0.717, 1.165) is 10.9 Å². The van der Waals surface area contributed by atoms with Crippen molar-refractivity contribution in [3.63, 3.8) is 0 Å². The average Bonchev–Trinajstić information content (AvgIpc) is 3.05. The van der Waals surface area contributed by atoms with E-state index in [2.05, 4.69) is 15.5 Å². The van der Waals surface area contributed by atoms with Crippen LogP contribution in [0.5, 0.6) is 0 Å². The number of rotatable bonds is 3. The highest BCUT2D eigenvalue weighted by Gasteiger charge is 2.07. The van der Waals surface area contributed by atoms with Crippen LogP contribution in [0.1, 0.15) is 16.1 Å². The van der Waals surface area contributed by atoms with Crippen LogP contribution in [0.2, 0.25) is 0 Å². The third-order valence-corrected chi connectivity index (χ3v) is 2.73. The van der Waals surface area contributed by atoms with Crippen LogP contribution >= 0.6 is 0 Å². The number of nitrogens with one attached hydrogen (secondary N) is 2. The van der Waals surface area contributed by atoms with Crippen LogP contribution < -0.4 is 5.32 Å². The maximum atomic E-state index is 11.9. The van der Waals surface area contributed by atoms with Gasteiger partial charge in [0.1, 0.15) is 0 Å². The minimum Gasteiger partial charge on any atom is -0.361 e. The maximum absolute atomic E-state index is 11.9. The molecule has 1 aromatic carbocycles. The Bertz CT molecular complexity index is 670. The molecule has 2 heterocycles. The summed E-state index contributed by atoms with van der Waals surface area (Å²) in [5.74, 6) is 0.501. The van der Waals surface area contributed by atoms with Gasteiger partial charge >= 0.3 is 0 Å². The van der Waals surface area contributed by atoms with Crippen LogP contribution in [0.15, 0.2) is 47.2 Å². The Morgan fingerprint density at radius 2 is 2.28 bits per heavy atom. The summed E-state index contributed by atoms with van der Waals surface area (Å²) < 4.78 is 4.91. The lowest BCUT2D eigenvalue weighted by Gasteiger charge is -2.03. The molecule has 3 rings (SSSR count). The Hall–Kier alpha value is -2.56. The SMILES string of the molecule is O=C(NCc1ccno1)c1ccc2[nH]ccc2c1. The molecule has 0 saturated heterocycles. The molecule has 2 N–H and O–H groups in total. The lowest BCUT2D eigenvalue weighted by Crippen LogP contribution is -2.22. The molecule has 5 heteroatoms. The molecule has 1 amide bonds. The van der Waals surface area contributed by atoms with Gasteiger partial charge in [-0.3, -0.25) is 4.79 Å². The highest BCUT2D eigenvalue weighted by atomic mass is 16.5. The van der Waals surface area contributed by atoms with Crippen LogP contribution in [-0.4, -0.2) is 16.0 Å². The summed E-state index contributed by atoms with van der Waals surface area (Å²) in [6.07, 6.45) is 3.40. The predicted octanol–water partition coefficient (Wildman–Crippen LogP) is 2.09. The summed E-state index contributed by atoms with van der Waals surface area (Å²) >= 11 is 0. The zero-order valence-corrected chi connectivity index (χ0v) is 9.51. The van der Waals surface area contributed by atoms with Crippen LogP contribution in [0.3, 0.4) is 0 Å². The fraction of sp³-hybridized carbons (Fsp3) is 0.0769. The first-order chi connectivity index (χ1) is 8.83. The van der Waals surface area contributed by atoms with Crippen molar-refractivity contribution in [2.75, 3.05) is 0 Å². The van der Waals surface area contributed by atoms with Gasteiger partial charge in [-0.1, -0.05) is 5.16 Å². The number of carbonyl (C=O) groups is 1. The number of carbonyl (C=O) groups excluding carboxylic acids is 1. The van der Waals surface area contributed by atoms with Crippen molar-refractivity contribution in [3.05, 3.63) is 54.0 Å². The second-order valence-corrected chi connectivity index (χ2v) is 3.94. The number of nitrogens with zero attached hydrogens (tertiary/aromatic N) is 1. The molecule has 0 spiro atoms. The first-order valence-corrected chi connectivity index (χ1v) is 5.58. The van der Waals surface area contributed by atoms with E-state index in [4.69, 9.17) is 4.52 Å². The van der Waals surface area contributed by atoms with Crippen LogP contribution in [-0.2, 0) is 6.54 Å². The monoisotopic (exact) mass is 241 g/mol. The minimum atomic E-state index is -0.130. The largest absolute Gasteiger partial charge is 0.361 e. The highest BCUT2D eigenvalue weighted by molar-refractivity contribution is 5.97. The van der Waals surface area contributed by atoms with Crippen molar-refractivity contribution in [1.29, 1.82) is 0 Å². The molecular weight excluding hydrogens is 230 g/mol. The van der Waals surface area contributed by atoms with Gasteiger partial charge in [0.2, 0.25) is 0 Å². The Balaban J connectivity index is 1.75. The minimum absolute atomic E-state index is 0.130. The standard InChI is InChI=1S/C13H11N3O2/c17-13(15-8-11-4-6-16-18-11)10-1-2-12-9(7-10)3-5-14-12/h1-7,14H,8H2,(H,15,17). The van der Waals surface area contributed by atoms with Crippen LogP contribution in [0.4, 0.5) is 0 Å². The number of aromatic amines is 1. The predicted molar refractivity (Wildman–Crippen MR) is 66.0 cm³/mol. The molecular formula is C13H11N3O2. The van der Waals surface area contributed by atoms with E-state index in [9.17, 15) is 4.79 Å². The van der Waals surface area contributed by atoms with E-state index in [1.807, 2.05) is 24.4 Å². The second kappa shape index (κ2) is 4.37. The van der Waals surface area contributed by atoms with E-state index in [1.165, 1.54) is 0 Å². The van der Waals surface area contributed by atoms with Crippen molar-refractivity contribution in [1.82, 2.24) is 15.5 Å². The van der Waals surface area contributed by atoms with E-state index in [0.29, 0.717) is 17.9 Å². The zero-order chi connectivity index (χ0) is 12.4. The molecule has 0 aliphatic rings. The van der Waals surface area contributed by atoms with E-state index >= 15 is 0 Å². The van der Waals surface area contributed by atoms with Crippen LogP contribution in [0, 0.1) is 0 Å². The summed E-state index contributed by atoms with van der Waals surface area (Å²) in [5.41, 5.74) is 1.64. The molecule has 2 aromatic heterocycles. The third kappa shape index (κ3) is 1.98. The number of fused-ring (bicyclic) bond motifs is 1. The van der Waals surface area contributed by atoms with E-state index < -0.39 is 0 Å². The van der Waals surface area contributed by atoms with Gasteiger partial charge in [-0.05, 0) is 24.3 Å². The lowest BCUT2D eigenvalue weighted by atomic mass is 10.1. The first kappa shape index (κ1) is 10.6. The zero-order valence-electron chi connectivity index (χ0n) is 9.51. The van der Waals surface area contributed by atoms with E-state index in [-0.39, 0.29) is 5.91 Å². The van der Waals surface area contributed by atoms with Gasteiger partial charge < -0.3 is 14.8 Å². The fourth-order valence-electron chi connectivity index (χ4n) is 1.80. The number of hydrogen-bond donors (Lipinski definition) is 2. The Morgan fingerprint density at radius 3 is 3.11 bits per heavy atom. The van der Waals surface area contributed by atoms with Gasteiger partial charge in [-0.15, -0.1) is 0 Å². The highest BCUT2D eigenvalue weighted by Crippen LogP contribution is 2.14. The summed E-state index contributed by atoms with van der Waals surface area (Å²) in [4.78, 5) is 15.0. The quantitative estimate of drug-likeness (QED) is 0.737. The number of H-pyrrole nitrogens is 1. The van der Waals surface area contributed by atoms with Crippen molar-refractivity contribution in [2.24, 2.45) is 0 Å². The van der Waals surface area contributed by atoms with Crippen molar-refractivity contribution < 1.29 is 9.32 Å². The normalized spacial score (nSPS) is 10.7. The number of aromatic nitrogens is 2. The molecule has 0 saturated carbocycles. The Morgan fingerprint density at radius 1 is 1.33 bits per heavy atom. The molecule has 18 heavy (non-hydrogen) atoms. The third-order valence-electron chi connectivity index (χ3n) is 2.73. The van der Waals surface area contributed by atoms with Crippen molar-refractivity contribution in [2.45, 2.75) is 6.54 Å². The molecule has 90 valence electrons. The van der Waals surface area contributed by atoms with Crippen molar-refractivity contribution in [3.8, 4) is 0 Å². The number of hydrogen-bond acceptors (Lipinski definition) is 3.